The molecular formula is C20H12F4N4O. The van der Waals surface area contributed by atoms with Crippen LogP contribution in [0.15, 0.2) is 67.1 Å². The predicted molar refractivity (Wildman–Crippen MR) is 98.2 cm³/mol. The van der Waals surface area contributed by atoms with Gasteiger partial charge in [-0.2, -0.15) is 18.3 Å². The molecule has 0 saturated heterocycles. The van der Waals surface area contributed by atoms with E-state index < -0.39 is 17.6 Å². The number of fused-ring (bicyclic) bond motifs is 1. The molecule has 2 heterocycles. The van der Waals surface area contributed by atoms with E-state index in [1.807, 2.05) is 0 Å². The van der Waals surface area contributed by atoms with Crippen molar-refractivity contribution in [3.63, 3.8) is 0 Å². The van der Waals surface area contributed by atoms with Crippen LogP contribution in [0.25, 0.3) is 16.6 Å². The monoisotopic (exact) mass is 400 g/mol. The Morgan fingerprint density at radius 2 is 1.62 bits per heavy atom. The predicted octanol–water partition coefficient (Wildman–Crippen LogP) is 4.83. The quantitative estimate of drug-likeness (QED) is 0.501. The lowest BCUT2D eigenvalue weighted by atomic mass is 10.1. The molecule has 4 aromatic rings. The summed E-state index contributed by atoms with van der Waals surface area (Å²) in [5, 5.41) is 7.28. The van der Waals surface area contributed by atoms with Crippen LogP contribution in [0.3, 0.4) is 0 Å². The first-order valence-corrected chi connectivity index (χ1v) is 8.39. The van der Waals surface area contributed by atoms with Crippen molar-refractivity contribution in [3.8, 4) is 5.69 Å². The first-order chi connectivity index (χ1) is 13.8. The maximum Gasteiger partial charge on any atom is 0.416 e. The van der Waals surface area contributed by atoms with Gasteiger partial charge in [-0.1, -0.05) is 0 Å². The maximum atomic E-state index is 13.2. The fraction of sp³-hybridized carbons (Fsp3) is 0.0500. The van der Waals surface area contributed by atoms with Gasteiger partial charge in [-0.15, -0.1) is 0 Å². The number of pyridine rings is 1. The van der Waals surface area contributed by atoms with Crippen LogP contribution in [-0.2, 0) is 6.18 Å². The van der Waals surface area contributed by atoms with Gasteiger partial charge in [0.1, 0.15) is 5.82 Å². The summed E-state index contributed by atoms with van der Waals surface area (Å²) in [5.41, 5.74) is 0.724. The van der Waals surface area contributed by atoms with Gasteiger partial charge in [0, 0.05) is 17.3 Å². The minimum atomic E-state index is -4.45. The number of aromatic nitrogens is 3. The van der Waals surface area contributed by atoms with Gasteiger partial charge >= 0.3 is 6.18 Å². The Balaban J connectivity index is 1.64. The lowest BCUT2D eigenvalue weighted by molar-refractivity contribution is -0.137. The standard InChI is InChI=1S/C20H12F4N4O/c21-13-3-7-15(8-4-13)28-18-11-25-9-17(16(18)10-26-28)19(29)27-14-5-1-12(2-6-14)20(22,23)24/h1-11H,(H,27,29). The van der Waals surface area contributed by atoms with Crippen molar-refractivity contribution in [2.45, 2.75) is 6.18 Å². The van der Waals surface area contributed by atoms with Gasteiger partial charge in [0.25, 0.3) is 5.91 Å². The molecule has 0 fully saturated rings. The van der Waals surface area contributed by atoms with Crippen LogP contribution in [0.1, 0.15) is 15.9 Å². The second kappa shape index (κ2) is 7.01. The molecule has 0 aliphatic heterocycles. The third-order valence-corrected chi connectivity index (χ3v) is 4.28. The summed E-state index contributed by atoms with van der Waals surface area (Å²) in [5.74, 6) is -0.929. The number of amides is 1. The Hall–Kier alpha value is -3.75. The Kier molecular flexibility index (Phi) is 4.50. The van der Waals surface area contributed by atoms with Crippen LogP contribution in [0.2, 0.25) is 0 Å². The number of hydrogen-bond acceptors (Lipinski definition) is 3. The zero-order chi connectivity index (χ0) is 20.6. The fourth-order valence-corrected chi connectivity index (χ4v) is 2.85. The summed E-state index contributed by atoms with van der Waals surface area (Å²) in [6, 6.07) is 9.79. The number of nitrogens with zero attached hydrogens (tertiary/aromatic N) is 3. The van der Waals surface area contributed by atoms with Crippen molar-refractivity contribution in [2.75, 3.05) is 5.32 Å². The molecule has 9 heteroatoms. The van der Waals surface area contributed by atoms with Crippen molar-refractivity contribution < 1.29 is 22.4 Å². The van der Waals surface area contributed by atoms with Crippen LogP contribution >= 0.6 is 0 Å². The molecule has 1 N–H and O–H groups in total. The van der Waals surface area contributed by atoms with Gasteiger partial charge in [-0.3, -0.25) is 9.78 Å². The number of nitrogens with one attached hydrogen (secondary N) is 1. The Bertz CT molecular complexity index is 1180. The highest BCUT2D eigenvalue weighted by Gasteiger charge is 2.30. The van der Waals surface area contributed by atoms with E-state index in [1.165, 1.54) is 59.7 Å². The van der Waals surface area contributed by atoms with Gasteiger partial charge in [-0.05, 0) is 48.5 Å². The van der Waals surface area contributed by atoms with E-state index in [9.17, 15) is 22.4 Å². The maximum absolute atomic E-state index is 13.2. The molecular weight excluding hydrogens is 388 g/mol. The van der Waals surface area contributed by atoms with Crippen molar-refractivity contribution >= 4 is 22.5 Å². The highest BCUT2D eigenvalue weighted by atomic mass is 19.4. The summed E-state index contributed by atoms with van der Waals surface area (Å²) < 4.78 is 52.6. The van der Waals surface area contributed by atoms with Gasteiger partial charge in [-0.25, -0.2) is 9.07 Å². The first-order valence-electron chi connectivity index (χ1n) is 8.39. The fourth-order valence-electron chi connectivity index (χ4n) is 2.85. The van der Waals surface area contributed by atoms with Gasteiger partial charge in [0.15, 0.2) is 0 Å². The number of benzene rings is 2. The van der Waals surface area contributed by atoms with Gasteiger partial charge in [0.05, 0.1) is 34.7 Å². The van der Waals surface area contributed by atoms with E-state index in [1.54, 1.807) is 0 Å². The second-order valence-electron chi connectivity index (χ2n) is 6.18. The summed E-state index contributed by atoms with van der Waals surface area (Å²) in [7, 11) is 0. The molecule has 2 aromatic carbocycles. The SMILES string of the molecule is O=C(Nc1ccc(C(F)(F)F)cc1)c1cncc2c1cnn2-c1ccc(F)cc1. The second-order valence-corrected chi connectivity index (χ2v) is 6.18. The van der Waals surface area contributed by atoms with Crippen LogP contribution in [0.4, 0.5) is 23.2 Å². The molecule has 146 valence electrons. The summed E-state index contributed by atoms with van der Waals surface area (Å²) in [6.45, 7) is 0. The van der Waals surface area contributed by atoms with E-state index in [2.05, 4.69) is 15.4 Å². The Labute approximate surface area is 161 Å². The number of hydrogen-bond donors (Lipinski definition) is 1. The minimum Gasteiger partial charge on any atom is -0.322 e. The molecule has 0 atom stereocenters. The van der Waals surface area contributed by atoms with E-state index in [0.717, 1.165) is 12.1 Å². The number of halogens is 4. The molecule has 4 rings (SSSR count). The highest BCUT2D eigenvalue weighted by Crippen LogP contribution is 2.30. The zero-order valence-corrected chi connectivity index (χ0v) is 14.6. The van der Waals surface area contributed by atoms with E-state index in [-0.39, 0.29) is 17.1 Å². The van der Waals surface area contributed by atoms with E-state index >= 15 is 0 Å². The van der Waals surface area contributed by atoms with Crippen molar-refractivity contribution in [1.82, 2.24) is 14.8 Å². The molecule has 0 saturated carbocycles. The van der Waals surface area contributed by atoms with E-state index in [4.69, 9.17) is 0 Å². The molecule has 0 unspecified atom stereocenters. The molecule has 5 nitrogen and oxygen atoms in total. The number of rotatable bonds is 3. The summed E-state index contributed by atoms with van der Waals surface area (Å²) in [6.07, 6.45) is -0.117. The number of anilines is 1. The van der Waals surface area contributed by atoms with E-state index in [0.29, 0.717) is 16.6 Å². The largest absolute Gasteiger partial charge is 0.416 e. The minimum absolute atomic E-state index is 0.204. The normalized spacial score (nSPS) is 11.6. The van der Waals surface area contributed by atoms with Crippen molar-refractivity contribution in [3.05, 3.63) is 84.1 Å². The third-order valence-electron chi connectivity index (χ3n) is 4.28. The number of alkyl halides is 3. The van der Waals surface area contributed by atoms with Crippen molar-refractivity contribution in [1.29, 1.82) is 0 Å². The Morgan fingerprint density at radius 1 is 0.931 bits per heavy atom. The van der Waals surface area contributed by atoms with Gasteiger partial charge < -0.3 is 5.32 Å². The smallest absolute Gasteiger partial charge is 0.322 e. The molecule has 0 radical (unpaired) electrons. The lowest BCUT2D eigenvalue weighted by Crippen LogP contribution is -2.13. The van der Waals surface area contributed by atoms with Gasteiger partial charge in [0.2, 0.25) is 0 Å². The first kappa shape index (κ1) is 18.6. The zero-order valence-electron chi connectivity index (χ0n) is 14.6. The number of carbonyl (C=O) groups excluding carboxylic acids is 1. The molecule has 2 aromatic heterocycles. The average molecular weight is 400 g/mol. The summed E-state index contributed by atoms with van der Waals surface area (Å²) >= 11 is 0. The summed E-state index contributed by atoms with van der Waals surface area (Å²) in [4.78, 5) is 16.7. The lowest BCUT2D eigenvalue weighted by Gasteiger charge is -2.09. The molecule has 29 heavy (non-hydrogen) atoms. The van der Waals surface area contributed by atoms with Crippen LogP contribution in [0.5, 0.6) is 0 Å². The van der Waals surface area contributed by atoms with Crippen LogP contribution in [0, 0.1) is 5.82 Å². The van der Waals surface area contributed by atoms with Crippen LogP contribution < -0.4 is 5.32 Å². The third kappa shape index (κ3) is 3.66. The van der Waals surface area contributed by atoms with Crippen LogP contribution in [-0.4, -0.2) is 20.7 Å². The average Bonchev–Trinajstić information content (AvgIpc) is 3.12. The topological polar surface area (TPSA) is 59.8 Å². The molecule has 0 bridgehead atoms. The molecule has 1 amide bonds. The molecule has 0 spiro atoms. The Morgan fingerprint density at radius 3 is 2.28 bits per heavy atom. The van der Waals surface area contributed by atoms with Crippen molar-refractivity contribution in [2.24, 2.45) is 0 Å². The number of carbonyl (C=O) groups is 1. The highest BCUT2D eigenvalue weighted by molar-refractivity contribution is 6.12. The molecule has 0 aliphatic carbocycles. The molecule has 0 aliphatic rings.